The van der Waals surface area contributed by atoms with Crippen LogP contribution in [0.4, 0.5) is 0 Å². The molecule has 16 heavy (non-hydrogen) atoms. The van der Waals surface area contributed by atoms with Gasteiger partial charge in [-0.1, -0.05) is 26.0 Å². The molecule has 0 saturated carbocycles. The maximum Gasteiger partial charge on any atom is 0.166 e. The SMILES string of the molecule is CC(C)c1ccc(-n2cccc2C=O)cc1. The fraction of sp³-hybridized carbons (Fsp3) is 0.214. The van der Waals surface area contributed by atoms with Crippen LogP contribution in [-0.4, -0.2) is 10.9 Å². The van der Waals surface area contributed by atoms with Crippen molar-refractivity contribution in [2.24, 2.45) is 0 Å². The van der Waals surface area contributed by atoms with E-state index in [1.165, 1.54) is 5.56 Å². The first kappa shape index (κ1) is 10.7. The van der Waals surface area contributed by atoms with E-state index in [0.717, 1.165) is 12.0 Å². The molecular weight excluding hydrogens is 198 g/mol. The van der Waals surface area contributed by atoms with Gasteiger partial charge in [-0.15, -0.1) is 0 Å². The summed E-state index contributed by atoms with van der Waals surface area (Å²) in [7, 11) is 0. The standard InChI is InChI=1S/C14H15NO/c1-11(2)12-5-7-13(8-6-12)15-9-3-4-14(15)10-16/h3-11H,1-2H3. The molecule has 0 N–H and O–H groups in total. The first-order valence-corrected chi connectivity index (χ1v) is 5.45. The van der Waals surface area contributed by atoms with Gasteiger partial charge in [-0.3, -0.25) is 4.79 Å². The zero-order chi connectivity index (χ0) is 11.5. The van der Waals surface area contributed by atoms with Crippen LogP contribution in [0, 0.1) is 0 Å². The van der Waals surface area contributed by atoms with E-state index in [2.05, 4.69) is 26.0 Å². The van der Waals surface area contributed by atoms with Gasteiger partial charge >= 0.3 is 0 Å². The number of hydrogen-bond acceptors (Lipinski definition) is 1. The molecule has 0 fully saturated rings. The highest BCUT2D eigenvalue weighted by atomic mass is 16.1. The van der Waals surface area contributed by atoms with Gasteiger partial charge in [-0.05, 0) is 35.7 Å². The molecule has 0 atom stereocenters. The van der Waals surface area contributed by atoms with Crippen molar-refractivity contribution < 1.29 is 4.79 Å². The molecule has 0 spiro atoms. The van der Waals surface area contributed by atoms with Gasteiger partial charge < -0.3 is 4.57 Å². The van der Waals surface area contributed by atoms with E-state index >= 15 is 0 Å². The molecular formula is C14H15NO. The summed E-state index contributed by atoms with van der Waals surface area (Å²) in [6.45, 7) is 4.34. The second-order valence-electron chi connectivity index (χ2n) is 4.17. The second-order valence-corrected chi connectivity index (χ2v) is 4.17. The van der Waals surface area contributed by atoms with Crippen LogP contribution in [0.5, 0.6) is 0 Å². The Bertz CT molecular complexity index is 480. The lowest BCUT2D eigenvalue weighted by atomic mass is 10.0. The zero-order valence-electron chi connectivity index (χ0n) is 9.55. The third kappa shape index (κ3) is 1.91. The average molecular weight is 213 g/mol. The highest BCUT2D eigenvalue weighted by molar-refractivity contribution is 5.73. The summed E-state index contributed by atoms with van der Waals surface area (Å²) in [5.41, 5.74) is 3.01. The smallest absolute Gasteiger partial charge is 0.166 e. The Kier molecular flexibility index (Phi) is 2.91. The maximum absolute atomic E-state index is 10.8. The molecule has 0 aliphatic carbocycles. The highest BCUT2D eigenvalue weighted by Crippen LogP contribution is 2.17. The van der Waals surface area contributed by atoms with Gasteiger partial charge in [0.2, 0.25) is 0 Å². The Hall–Kier alpha value is -1.83. The highest BCUT2D eigenvalue weighted by Gasteiger charge is 2.03. The number of hydrogen-bond donors (Lipinski definition) is 0. The summed E-state index contributed by atoms with van der Waals surface area (Å²) < 4.78 is 1.89. The molecule has 2 rings (SSSR count). The predicted octanol–water partition coefficient (Wildman–Crippen LogP) is 3.41. The van der Waals surface area contributed by atoms with Crippen LogP contribution in [-0.2, 0) is 0 Å². The lowest BCUT2D eigenvalue weighted by molar-refractivity contribution is 0.111. The molecule has 0 amide bonds. The normalized spacial score (nSPS) is 10.7. The molecule has 2 heteroatoms. The van der Waals surface area contributed by atoms with Gasteiger partial charge in [-0.25, -0.2) is 0 Å². The van der Waals surface area contributed by atoms with Gasteiger partial charge in [0, 0.05) is 11.9 Å². The van der Waals surface area contributed by atoms with Crippen molar-refractivity contribution in [2.75, 3.05) is 0 Å². The Labute approximate surface area is 95.5 Å². The van der Waals surface area contributed by atoms with Crippen LogP contribution in [0.1, 0.15) is 35.8 Å². The van der Waals surface area contributed by atoms with E-state index in [1.807, 2.05) is 35.0 Å². The monoisotopic (exact) mass is 213 g/mol. The molecule has 1 heterocycles. The first-order valence-electron chi connectivity index (χ1n) is 5.45. The third-order valence-corrected chi connectivity index (χ3v) is 2.74. The van der Waals surface area contributed by atoms with Gasteiger partial charge in [0.1, 0.15) is 0 Å². The summed E-state index contributed by atoms with van der Waals surface area (Å²) in [4.78, 5) is 10.8. The van der Waals surface area contributed by atoms with Crippen LogP contribution in [0.15, 0.2) is 42.6 Å². The summed E-state index contributed by atoms with van der Waals surface area (Å²) >= 11 is 0. The number of benzene rings is 1. The maximum atomic E-state index is 10.8. The van der Waals surface area contributed by atoms with E-state index in [9.17, 15) is 4.79 Å². The van der Waals surface area contributed by atoms with Crippen molar-refractivity contribution in [2.45, 2.75) is 19.8 Å². The van der Waals surface area contributed by atoms with Crippen molar-refractivity contribution in [1.82, 2.24) is 4.57 Å². The number of carbonyl (C=O) groups excluding carboxylic acids is 1. The van der Waals surface area contributed by atoms with Gasteiger partial charge in [-0.2, -0.15) is 0 Å². The Morgan fingerprint density at radius 3 is 2.38 bits per heavy atom. The van der Waals surface area contributed by atoms with Crippen molar-refractivity contribution in [3.63, 3.8) is 0 Å². The summed E-state index contributed by atoms with van der Waals surface area (Å²) in [5.74, 6) is 0.532. The molecule has 1 aromatic carbocycles. The van der Waals surface area contributed by atoms with Gasteiger partial charge in [0.15, 0.2) is 6.29 Å². The van der Waals surface area contributed by atoms with Gasteiger partial charge in [0.05, 0.1) is 5.69 Å². The van der Waals surface area contributed by atoms with Crippen LogP contribution in [0.3, 0.4) is 0 Å². The fourth-order valence-corrected chi connectivity index (χ4v) is 1.75. The van der Waals surface area contributed by atoms with E-state index in [4.69, 9.17) is 0 Å². The van der Waals surface area contributed by atoms with Gasteiger partial charge in [0.25, 0.3) is 0 Å². The van der Waals surface area contributed by atoms with Crippen molar-refractivity contribution in [3.05, 3.63) is 53.9 Å². The molecule has 0 bridgehead atoms. The number of nitrogens with zero attached hydrogens (tertiary/aromatic N) is 1. The third-order valence-electron chi connectivity index (χ3n) is 2.74. The molecule has 82 valence electrons. The zero-order valence-corrected chi connectivity index (χ0v) is 9.55. The minimum atomic E-state index is 0.532. The predicted molar refractivity (Wildman–Crippen MR) is 65.2 cm³/mol. The minimum Gasteiger partial charge on any atom is -0.314 e. The van der Waals surface area contributed by atoms with E-state index in [1.54, 1.807) is 0 Å². The van der Waals surface area contributed by atoms with Crippen LogP contribution >= 0.6 is 0 Å². The van der Waals surface area contributed by atoms with Crippen LogP contribution in [0.25, 0.3) is 5.69 Å². The molecule has 0 aliphatic heterocycles. The van der Waals surface area contributed by atoms with Crippen molar-refractivity contribution in [1.29, 1.82) is 0 Å². The molecule has 0 radical (unpaired) electrons. The molecule has 0 saturated heterocycles. The summed E-state index contributed by atoms with van der Waals surface area (Å²) in [6.07, 6.45) is 2.77. The largest absolute Gasteiger partial charge is 0.314 e. The van der Waals surface area contributed by atoms with E-state index in [-0.39, 0.29) is 0 Å². The minimum absolute atomic E-state index is 0.532. The molecule has 0 aliphatic rings. The molecule has 1 aromatic heterocycles. The molecule has 2 aromatic rings. The molecule has 0 unspecified atom stereocenters. The number of aldehydes is 1. The van der Waals surface area contributed by atoms with E-state index < -0.39 is 0 Å². The first-order chi connectivity index (χ1) is 7.72. The van der Waals surface area contributed by atoms with Crippen LogP contribution in [0.2, 0.25) is 0 Å². The van der Waals surface area contributed by atoms with Crippen LogP contribution < -0.4 is 0 Å². The van der Waals surface area contributed by atoms with Crippen molar-refractivity contribution >= 4 is 6.29 Å². The quantitative estimate of drug-likeness (QED) is 0.716. The Morgan fingerprint density at radius 2 is 1.81 bits per heavy atom. The second kappa shape index (κ2) is 4.35. The summed E-state index contributed by atoms with van der Waals surface area (Å²) in [6, 6.07) is 12.0. The fourth-order valence-electron chi connectivity index (χ4n) is 1.75. The number of rotatable bonds is 3. The Balaban J connectivity index is 2.38. The summed E-state index contributed by atoms with van der Waals surface area (Å²) in [5, 5.41) is 0. The molecule has 2 nitrogen and oxygen atoms in total. The van der Waals surface area contributed by atoms with Crippen molar-refractivity contribution in [3.8, 4) is 5.69 Å². The number of aromatic nitrogens is 1. The average Bonchev–Trinajstić information content (AvgIpc) is 2.77. The lowest BCUT2D eigenvalue weighted by Gasteiger charge is -2.08. The lowest BCUT2D eigenvalue weighted by Crippen LogP contribution is -1.97. The Morgan fingerprint density at radius 1 is 1.12 bits per heavy atom. The topological polar surface area (TPSA) is 22.0 Å². The number of carbonyl (C=O) groups is 1. The van der Waals surface area contributed by atoms with E-state index in [0.29, 0.717) is 11.6 Å².